The van der Waals surface area contributed by atoms with Gasteiger partial charge in [-0.3, -0.25) is 4.57 Å². The summed E-state index contributed by atoms with van der Waals surface area (Å²) < 4.78 is 2.90. The number of hydrogen-bond donors (Lipinski definition) is 1. The number of hydrogen-bond acceptors (Lipinski definition) is 2. The van der Waals surface area contributed by atoms with Gasteiger partial charge in [0.1, 0.15) is 0 Å². The zero-order valence-electron chi connectivity index (χ0n) is 9.57. The summed E-state index contributed by atoms with van der Waals surface area (Å²) in [7, 11) is 0. The van der Waals surface area contributed by atoms with Crippen molar-refractivity contribution >= 4 is 62.8 Å². The van der Waals surface area contributed by atoms with Crippen molar-refractivity contribution in [3.8, 4) is 5.69 Å². The van der Waals surface area contributed by atoms with Gasteiger partial charge in [0.2, 0.25) is 5.95 Å². The molecule has 0 saturated heterocycles. The largest absolute Gasteiger partial charge is 0.369 e. The number of nitrogens with two attached hydrogens (primary N) is 1. The lowest BCUT2D eigenvalue weighted by molar-refractivity contribution is 1.10. The van der Waals surface area contributed by atoms with Crippen molar-refractivity contribution in [1.29, 1.82) is 0 Å². The monoisotopic (exact) mass is 403 g/mol. The van der Waals surface area contributed by atoms with Gasteiger partial charge >= 0.3 is 0 Å². The van der Waals surface area contributed by atoms with Crippen LogP contribution in [0.4, 0.5) is 5.95 Å². The van der Waals surface area contributed by atoms with Crippen molar-refractivity contribution in [3.05, 3.63) is 50.0 Å². The fourth-order valence-corrected chi connectivity index (χ4v) is 3.27. The predicted octanol–water partition coefficient (Wildman–Crippen LogP) is 4.52. The highest BCUT2D eigenvalue weighted by atomic mass is 127. The molecule has 1 heterocycles. The Kier molecular flexibility index (Phi) is 3.32. The van der Waals surface area contributed by atoms with Gasteiger partial charge in [-0.25, -0.2) is 4.98 Å². The van der Waals surface area contributed by atoms with E-state index in [1.165, 1.54) is 0 Å². The van der Waals surface area contributed by atoms with Gasteiger partial charge in [-0.15, -0.1) is 0 Å². The van der Waals surface area contributed by atoms with Crippen LogP contribution >= 0.6 is 45.8 Å². The first-order valence-corrected chi connectivity index (χ1v) is 7.28. The molecule has 2 N–H and O–H groups in total. The maximum Gasteiger partial charge on any atom is 0.205 e. The molecule has 0 saturated carbocycles. The summed E-state index contributed by atoms with van der Waals surface area (Å²) in [5.74, 6) is 0.428. The first-order valence-electron chi connectivity index (χ1n) is 5.45. The smallest absolute Gasteiger partial charge is 0.205 e. The Hall–Kier alpha value is -0.980. The zero-order valence-corrected chi connectivity index (χ0v) is 13.2. The molecular formula is C13H8Cl2IN3. The van der Waals surface area contributed by atoms with Crippen molar-refractivity contribution in [2.24, 2.45) is 0 Å². The molecule has 2 aromatic carbocycles. The molecule has 3 rings (SSSR count). The summed E-state index contributed by atoms with van der Waals surface area (Å²) in [4.78, 5) is 4.33. The highest BCUT2D eigenvalue weighted by Gasteiger charge is 2.12. The lowest BCUT2D eigenvalue weighted by atomic mass is 10.3. The summed E-state index contributed by atoms with van der Waals surface area (Å²) in [5, 5.41) is 1.34. The molecule has 0 amide bonds. The molecule has 0 fully saturated rings. The van der Waals surface area contributed by atoms with Crippen LogP contribution in [0.25, 0.3) is 16.7 Å². The number of imidazole rings is 1. The first kappa shape index (κ1) is 13.0. The van der Waals surface area contributed by atoms with E-state index in [-0.39, 0.29) is 0 Å². The molecule has 0 unspecified atom stereocenters. The Balaban J connectivity index is 2.33. The average molecular weight is 404 g/mol. The molecule has 96 valence electrons. The topological polar surface area (TPSA) is 43.8 Å². The maximum absolute atomic E-state index is 6.01. The third-order valence-corrected chi connectivity index (χ3v) is 4.13. The first-order chi connectivity index (χ1) is 9.06. The number of rotatable bonds is 1. The van der Waals surface area contributed by atoms with E-state index in [9.17, 15) is 0 Å². The lowest BCUT2D eigenvalue weighted by Crippen LogP contribution is -2.02. The second kappa shape index (κ2) is 4.85. The van der Waals surface area contributed by atoms with Crippen LogP contribution in [0.5, 0.6) is 0 Å². The highest BCUT2D eigenvalue weighted by molar-refractivity contribution is 14.1. The van der Waals surface area contributed by atoms with Crippen molar-refractivity contribution in [2.75, 3.05) is 5.73 Å². The summed E-state index contributed by atoms with van der Waals surface area (Å²) in [6.45, 7) is 0. The molecule has 0 aliphatic carbocycles. The predicted molar refractivity (Wildman–Crippen MR) is 88.2 cm³/mol. The maximum atomic E-state index is 6.01. The molecule has 0 spiro atoms. The van der Waals surface area contributed by atoms with Crippen LogP contribution in [-0.2, 0) is 0 Å². The minimum absolute atomic E-state index is 0.428. The molecule has 0 radical (unpaired) electrons. The van der Waals surface area contributed by atoms with Crippen molar-refractivity contribution in [3.63, 3.8) is 0 Å². The van der Waals surface area contributed by atoms with E-state index in [4.69, 9.17) is 28.9 Å². The minimum atomic E-state index is 0.428. The molecule has 3 nitrogen and oxygen atoms in total. The van der Waals surface area contributed by atoms with E-state index >= 15 is 0 Å². The molecule has 6 heteroatoms. The third kappa shape index (κ3) is 2.28. The van der Waals surface area contributed by atoms with Gasteiger partial charge in [0.25, 0.3) is 0 Å². The number of fused-ring (bicyclic) bond motifs is 1. The number of halogens is 3. The van der Waals surface area contributed by atoms with E-state index in [1.54, 1.807) is 6.07 Å². The Morgan fingerprint density at radius 1 is 1.05 bits per heavy atom. The SMILES string of the molecule is Nc1nc2cc(Cl)ccc2n1-c1ccc(Cl)cc1I. The second-order valence-corrected chi connectivity index (χ2v) is 6.07. The Bertz CT molecular complexity index is 783. The van der Waals surface area contributed by atoms with Gasteiger partial charge in [0.05, 0.1) is 16.7 Å². The molecule has 19 heavy (non-hydrogen) atoms. The fraction of sp³-hybridized carbons (Fsp3) is 0. The van der Waals surface area contributed by atoms with Crippen LogP contribution in [0.3, 0.4) is 0 Å². The summed E-state index contributed by atoms with van der Waals surface area (Å²) >= 11 is 14.2. The van der Waals surface area contributed by atoms with Crippen LogP contribution in [0, 0.1) is 3.57 Å². The van der Waals surface area contributed by atoms with Gasteiger partial charge in [0.15, 0.2) is 0 Å². The van der Waals surface area contributed by atoms with Crippen LogP contribution in [0.1, 0.15) is 0 Å². The number of benzene rings is 2. The van der Waals surface area contributed by atoms with Crippen molar-refractivity contribution in [2.45, 2.75) is 0 Å². The standard InChI is InChI=1S/C13H8Cl2IN3/c14-7-1-3-11(9(16)5-7)19-12-4-2-8(15)6-10(12)18-13(19)17/h1-6H,(H2,17,18). The zero-order chi connectivity index (χ0) is 13.6. The lowest BCUT2D eigenvalue weighted by Gasteiger charge is -2.09. The van der Waals surface area contributed by atoms with Crippen LogP contribution < -0.4 is 5.73 Å². The molecule has 1 aromatic heterocycles. The molecule has 3 aromatic rings. The molecular weight excluding hydrogens is 396 g/mol. The molecule has 0 aliphatic heterocycles. The Morgan fingerprint density at radius 2 is 1.74 bits per heavy atom. The van der Waals surface area contributed by atoms with Gasteiger partial charge in [-0.05, 0) is 59.0 Å². The summed E-state index contributed by atoms with van der Waals surface area (Å²) in [5.41, 5.74) is 8.66. The molecule has 0 aliphatic rings. The van der Waals surface area contributed by atoms with E-state index < -0.39 is 0 Å². The van der Waals surface area contributed by atoms with Crippen LogP contribution in [0.15, 0.2) is 36.4 Å². The van der Waals surface area contributed by atoms with E-state index in [0.717, 1.165) is 20.3 Å². The highest BCUT2D eigenvalue weighted by Crippen LogP contribution is 2.29. The second-order valence-electron chi connectivity index (χ2n) is 4.03. The van der Waals surface area contributed by atoms with E-state index in [2.05, 4.69) is 27.6 Å². The average Bonchev–Trinajstić information content (AvgIpc) is 2.65. The quantitative estimate of drug-likeness (QED) is 0.607. The molecule has 0 atom stereocenters. The third-order valence-electron chi connectivity index (χ3n) is 2.79. The minimum Gasteiger partial charge on any atom is -0.369 e. The summed E-state index contributed by atoms with van der Waals surface area (Å²) in [6.07, 6.45) is 0. The normalized spacial score (nSPS) is 11.1. The van der Waals surface area contributed by atoms with Gasteiger partial charge in [-0.1, -0.05) is 23.2 Å². The van der Waals surface area contributed by atoms with E-state index in [1.807, 2.05) is 34.9 Å². The summed E-state index contributed by atoms with van der Waals surface area (Å²) in [6, 6.07) is 11.2. The van der Waals surface area contributed by atoms with Crippen molar-refractivity contribution in [1.82, 2.24) is 9.55 Å². The number of anilines is 1. The van der Waals surface area contributed by atoms with Crippen LogP contribution in [-0.4, -0.2) is 9.55 Å². The van der Waals surface area contributed by atoms with Crippen LogP contribution in [0.2, 0.25) is 10.0 Å². The van der Waals surface area contributed by atoms with Gasteiger partial charge in [0, 0.05) is 13.6 Å². The number of nitrogen functional groups attached to an aromatic ring is 1. The Morgan fingerprint density at radius 3 is 2.47 bits per heavy atom. The Labute approximate surface area is 133 Å². The van der Waals surface area contributed by atoms with Gasteiger partial charge in [-0.2, -0.15) is 0 Å². The fourth-order valence-electron chi connectivity index (χ4n) is 1.99. The number of nitrogens with zero attached hydrogens (tertiary/aromatic N) is 2. The van der Waals surface area contributed by atoms with Crippen molar-refractivity contribution < 1.29 is 0 Å². The van der Waals surface area contributed by atoms with E-state index in [0.29, 0.717) is 16.0 Å². The molecule has 0 bridgehead atoms. The number of aromatic nitrogens is 2. The van der Waals surface area contributed by atoms with Gasteiger partial charge < -0.3 is 5.73 Å².